The molecule has 0 spiro atoms. The lowest BCUT2D eigenvalue weighted by atomic mass is 9.97. The Morgan fingerprint density at radius 1 is 1.38 bits per heavy atom. The quantitative estimate of drug-likeness (QED) is 0.698. The molecule has 9 heteroatoms. The third-order valence-electron chi connectivity index (χ3n) is 3.98. The third kappa shape index (κ3) is 3.35. The molecule has 0 bridgehead atoms. The molecule has 2 aliphatic heterocycles. The largest absolute Gasteiger partial charge is 0.479 e. The first kappa shape index (κ1) is 16.2. The standard InChI is InChI=1S/C12H20N2O6S/c1-21(18,19)14-6-3-2-4-9(14)10(15)13-12(11(16)17)5-7-20-8-12/h9H,2-8H2,1H3,(H,13,15)(H,16,17). The van der Waals surface area contributed by atoms with Crippen LogP contribution in [0, 0.1) is 0 Å². The summed E-state index contributed by atoms with van der Waals surface area (Å²) in [6.45, 7) is 0.445. The highest BCUT2D eigenvalue weighted by Gasteiger charge is 2.46. The van der Waals surface area contributed by atoms with Crippen molar-refractivity contribution in [2.75, 3.05) is 26.0 Å². The highest BCUT2D eigenvalue weighted by Crippen LogP contribution is 2.23. The fourth-order valence-corrected chi connectivity index (χ4v) is 3.89. The highest BCUT2D eigenvalue weighted by molar-refractivity contribution is 7.88. The van der Waals surface area contributed by atoms with Crippen molar-refractivity contribution in [1.82, 2.24) is 9.62 Å². The summed E-state index contributed by atoms with van der Waals surface area (Å²) in [7, 11) is -3.50. The number of carboxylic acid groups (broad SMARTS) is 1. The Morgan fingerprint density at radius 2 is 2.10 bits per heavy atom. The Bertz CT molecular complexity index is 526. The lowest BCUT2D eigenvalue weighted by Gasteiger charge is -2.34. The minimum absolute atomic E-state index is 0.0976. The van der Waals surface area contributed by atoms with E-state index in [1.54, 1.807) is 0 Å². The van der Waals surface area contributed by atoms with Crippen LogP contribution in [-0.2, 0) is 24.3 Å². The summed E-state index contributed by atoms with van der Waals surface area (Å²) in [5, 5.41) is 11.8. The van der Waals surface area contributed by atoms with Gasteiger partial charge in [0.25, 0.3) is 0 Å². The molecule has 8 nitrogen and oxygen atoms in total. The predicted octanol–water partition coefficient (Wildman–Crippen LogP) is -0.840. The van der Waals surface area contributed by atoms with E-state index in [4.69, 9.17) is 4.74 Å². The molecule has 2 rings (SSSR count). The number of sulfonamides is 1. The number of nitrogens with zero attached hydrogens (tertiary/aromatic N) is 1. The average Bonchev–Trinajstić information content (AvgIpc) is 2.87. The minimum atomic E-state index is -3.50. The predicted molar refractivity (Wildman–Crippen MR) is 73.1 cm³/mol. The molecular weight excluding hydrogens is 300 g/mol. The summed E-state index contributed by atoms with van der Waals surface area (Å²) in [5.41, 5.74) is -1.45. The van der Waals surface area contributed by atoms with Gasteiger partial charge in [-0.25, -0.2) is 13.2 Å². The summed E-state index contributed by atoms with van der Waals surface area (Å²) < 4.78 is 29.7. The van der Waals surface area contributed by atoms with Crippen molar-refractivity contribution in [2.24, 2.45) is 0 Å². The number of hydrogen-bond donors (Lipinski definition) is 2. The lowest BCUT2D eigenvalue weighted by Crippen LogP contribution is -2.61. The first-order valence-corrected chi connectivity index (χ1v) is 8.71. The second kappa shape index (κ2) is 5.90. The van der Waals surface area contributed by atoms with Gasteiger partial charge >= 0.3 is 5.97 Å². The van der Waals surface area contributed by atoms with Crippen LogP contribution in [0.5, 0.6) is 0 Å². The molecule has 2 aliphatic rings. The zero-order valence-corrected chi connectivity index (χ0v) is 12.7. The van der Waals surface area contributed by atoms with E-state index >= 15 is 0 Å². The summed E-state index contributed by atoms with van der Waals surface area (Å²) in [6.07, 6.45) is 3.07. The van der Waals surface area contributed by atoms with Gasteiger partial charge in [0, 0.05) is 19.6 Å². The molecule has 2 N–H and O–H groups in total. The van der Waals surface area contributed by atoms with Crippen LogP contribution in [-0.4, -0.2) is 67.3 Å². The van der Waals surface area contributed by atoms with E-state index in [-0.39, 0.29) is 26.2 Å². The topological polar surface area (TPSA) is 113 Å². The van der Waals surface area contributed by atoms with E-state index in [1.165, 1.54) is 0 Å². The number of carbonyl (C=O) groups excluding carboxylic acids is 1. The van der Waals surface area contributed by atoms with Crippen LogP contribution in [0.25, 0.3) is 0 Å². The average molecular weight is 320 g/mol. The zero-order chi connectivity index (χ0) is 15.7. The van der Waals surface area contributed by atoms with Crippen molar-refractivity contribution in [2.45, 2.75) is 37.3 Å². The molecule has 120 valence electrons. The van der Waals surface area contributed by atoms with E-state index in [0.717, 1.165) is 17.0 Å². The van der Waals surface area contributed by atoms with Gasteiger partial charge in [0.15, 0.2) is 5.54 Å². The number of nitrogens with one attached hydrogen (secondary N) is 1. The van der Waals surface area contributed by atoms with Crippen LogP contribution >= 0.6 is 0 Å². The number of amides is 1. The van der Waals surface area contributed by atoms with E-state index in [2.05, 4.69) is 5.32 Å². The van der Waals surface area contributed by atoms with Gasteiger partial charge in [0.1, 0.15) is 6.04 Å². The van der Waals surface area contributed by atoms with Crippen molar-refractivity contribution < 1.29 is 27.9 Å². The molecule has 21 heavy (non-hydrogen) atoms. The molecule has 1 amide bonds. The third-order valence-corrected chi connectivity index (χ3v) is 5.26. The molecule has 2 fully saturated rings. The fraction of sp³-hybridized carbons (Fsp3) is 0.833. The molecule has 0 radical (unpaired) electrons. The molecular formula is C12H20N2O6S. The van der Waals surface area contributed by atoms with Gasteiger partial charge in [-0.3, -0.25) is 4.79 Å². The summed E-state index contributed by atoms with van der Waals surface area (Å²) in [6, 6.07) is -0.842. The first-order chi connectivity index (χ1) is 9.76. The van der Waals surface area contributed by atoms with Gasteiger partial charge in [0.05, 0.1) is 12.9 Å². The van der Waals surface area contributed by atoms with E-state index in [9.17, 15) is 23.1 Å². The molecule has 0 aromatic rings. The number of rotatable bonds is 4. The minimum Gasteiger partial charge on any atom is -0.479 e. The second-order valence-electron chi connectivity index (χ2n) is 5.56. The summed E-state index contributed by atoms with van der Waals surface area (Å²) in [5.74, 6) is -1.72. The maximum absolute atomic E-state index is 12.4. The van der Waals surface area contributed by atoms with Crippen LogP contribution in [0.3, 0.4) is 0 Å². The van der Waals surface area contributed by atoms with E-state index < -0.39 is 33.5 Å². The van der Waals surface area contributed by atoms with Crippen molar-refractivity contribution in [1.29, 1.82) is 0 Å². The Kier molecular flexibility index (Phi) is 4.54. The van der Waals surface area contributed by atoms with Crippen LogP contribution < -0.4 is 5.32 Å². The normalized spacial score (nSPS) is 31.0. The summed E-state index contributed by atoms with van der Waals surface area (Å²) >= 11 is 0. The number of aliphatic carboxylic acids is 1. The van der Waals surface area contributed by atoms with Crippen LogP contribution in [0.15, 0.2) is 0 Å². The molecule has 0 aromatic heterocycles. The van der Waals surface area contributed by atoms with Crippen LogP contribution in [0.4, 0.5) is 0 Å². The van der Waals surface area contributed by atoms with Gasteiger partial charge < -0.3 is 15.2 Å². The number of piperidine rings is 1. The van der Waals surface area contributed by atoms with Gasteiger partial charge in [-0.1, -0.05) is 6.42 Å². The van der Waals surface area contributed by atoms with Gasteiger partial charge in [-0.2, -0.15) is 4.31 Å². The number of hydrogen-bond acceptors (Lipinski definition) is 5. The molecule has 0 saturated carbocycles. The maximum atomic E-state index is 12.4. The molecule has 2 heterocycles. The van der Waals surface area contributed by atoms with E-state index in [0.29, 0.717) is 12.8 Å². The number of carbonyl (C=O) groups is 2. The lowest BCUT2D eigenvalue weighted by molar-refractivity contribution is -0.148. The molecule has 2 saturated heterocycles. The van der Waals surface area contributed by atoms with Crippen molar-refractivity contribution in [3.8, 4) is 0 Å². The highest BCUT2D eigenvalue weighted by atomic mass is 32.2. The Morgan fingerprint density at radius 3 is 2.62 bits per heavy atom. The molecule has 0 aromatic carbocycles. The van der Waals surface area contributed by atoms with Crippen molar-refractivity contribution in [3.63, 3.8) is 0 Å². The second-order valence-corrected chi connectivity index (χ2v) is 7.50. The Balaban J connectivity index is 2.16. The van der Waals surface area contributed by atoms with Gasteiger partial charge in [-0.05, 0) is 12.8 Å². The first-order valence-electron chi connectivity index (χ1n) is 6.86. The number of ether oxygens (including phenoxy) is 1. The Hall–Kier alpha value is -1.19. The zero-order valence-electron chi connectivity index (χ0n) is 11.9. The Labute approximate surface area is 123 Å². The SMILES string of the molecule is CS(=O)(=O)N1CCCCC1C(=O)NC1(C(=O)O)CCOC1. The van der Waals surface area contributed by atoms with E-state index in [1.807, 2.05) is 0 Å². The molecule has 0 aliphatic carbocycles. The maximum Gasteiger partial charge on any atom is 0.331 e. The van der Waals surface area contributed by atoms with Crippen LogP contribution in [0.2, 0.25) is 0 Å². The summed E-state index contributed by atoms with van der Waals surface area (Å²) in [4.78, 5) is 23.8. The van der Waals surface area contributed by atoms with Crippen molar-refractivity contribution in [3.05, 3.63) is 0 Å². The smallest absolute Gasteiger partial charge is 0.331 e. The van der Waals surface area contributed by atoms with Gasteiger partial charge in [0.2, 0.25) is 15.9 Å². The van der Waals surface area contributed by atoms with Crippen LogP contribution in [0.1, 0.15) is 25.7 Å². The van der Waals surface area contributed by atoms with Crippen molar-refractivity contribution >= 4 is 21.9 Å². The number of carboxylic acids is 1. The molecule has 2 atom stereocenters. The van der Waals surface area contributed by atoms with Gasteiger partial charge in [-0.15, -0.1) is 0 Å². The fourth-order valence-electron chi connectivity index (χ4n) is 2.77. The monoisotopic (exact) mass is 320 g/mol. The molecule has 2 unspecified atom stereocenters.